The number of carbonyl (C=O) groups is 2. The molecule has 3 aromatic carbocycles. The van der Waals surface area contributed by atoms with Crippen LogP contribution < -0.4 is 5.32 Å². The van der Waals surface area contributed by atoms with Gasteiger partial charge in [0.2, 0.25) is 5.91 Å². The summed E-state index contributed by atoms with van der Waals surface area (Å²) in [6, 6.07) is 25.3. The van der Waals surface area contributed by atoms with E-state index in [-0.39, 0.29) is 37.6 Å². The van der Waals surface area contributed by atoms with Crippen molar-refractivity contribution in [2.24, 2.45) is 0 Å². The number of carboxylic acid groups (broad SMARTS) is 1. The van der Waals surface area contributed by atoms with Crippen LogP contribution in [0.2, 0.25) is 0 Å². The molecule has 1 aliphatic heterocycles. The summed E-state index contributed by atoms with van der Waals surface area (Å²) in [6.07, 6.45) is 0.349. The number of amides is 1. The lowest BCUT2D eigenvalue weighted by atomic mass is 10.0. The number of hydrogen-bond donors (Lipinski definition) is 3. The lowest BCUT2D eigenvalue weighted by molar-refractivity contribution is -0.245. The fraction of sp³-hybridized carbons (Fsp3) is 0.310. The standard InChI is InChI=1S/C29H31NO6S/c31-18-20-9-11-21(12-10-20)26-17-24(19-37-25-5-2-1-3-6-25)35-29(36-26)22-13-15-23(16-14-22)30-27(32)7-4-8-28(33)34/h1-3,5-6,9-16,24,26,29,31H,4,7-8,17-19H2,(H,30,32)(H,33,34)/t24-,26+,29+/m0/s1. The molecule has 194 valence electrons. The molecule has 0 saturated carbocycles. The highest BCUT2D eigenvalue weighted by Crippen LogP contribution is 2.39. The molecule has 3 atom stereocenters. The summed E-state index contributed by atoms with van der Waals surface area (Å²) in [5.41, 5.74) is 3.36. The Hall–Kier alpha value is -3.17. The topological polar surface area (TPSA) is 105 Å². The maximum Gasteiger partial charge on any atom is 0.303 e. The molecule has 0 aromatic heterocycles. The van der Waals surface area contributed by atoms with Gasteiger partial charge in [0.15, 0.2) is 6.29 Å². The Morgan fingerprint density at radius 2 is 1.59 bits per heavy atom. The van der Waals surface area contributed by atoms with E-state index in [1.165, 1.54) is 4.90 Å². The predicted molar refractivity (Wildman–Crippen MR) is 142 cm³/mol. The summed E-state index contributed by atoms with van der Waals surface area (Å²) in [5.74, 6) is -0.351. The third-order valence-corrected chi connectivity index (χ3v) is 7.20. The molecular formula is C29H31NO6S. The first-order valence-electron chi connectivity index (χ1n) is 12.3. The average molecular weight is 522 g/mol. The van der Waals surface area contributed by atoms with Crippen LogP contribution in [0.25, 0.3) is 0 Å². The third kappa shape index (κ3) is 8.16. The van der Waals surface area contributed by atoms with Crippen LogP contribution in [-0.2, 0) is 25.7 Å². The number of carbonyl (C=O) groups excluding carboxylic acids is 1. The van der Waals surface area contributed by atoms with Gasteiger partial charge in [0, 0.05) is 41.2 Å². The number of ether oxygens (including phenoxy) is 2. The van der Waals surface area contributed by atoms with E-state index in [2.05, 4.69) is 17.4 Å². The zero-order chi connectivity index (χ0) is 26.0. The Labute approximate surface area is 220 Å². The van der Waals surface area contributed by atoms with E-state index in [0.29, 0.717) is 18.5 Å². The number of aliphatic hydroxyl groups is 1. The number of hydrogen-bond acceptors (Lipinski definition) is 6. The van der Waals surface area contributed by atoms with Crippen LogP contribution in [0, 0.1) is 0 Å². The maximum atomic E-state index is 12.1. The highest BCUT2D eigenvalue weighted by atomic mass is 32.2. The van der Waals surface area contributed by atoms with E-state index < -0.39 is 12.3 Å². The van der Waals surface area contributed by atoms with Gasteiger partial charge in [-0.15, -0.1) is 11.8 Å². The lowest BCUT2D eigenvalue weighted by Gasteiger charge is -2.36. The summed E-state index contributed by atoms with van der Waals surface area (Å²) in [5, 5.41) is 20.9. The number of aliphatic carboxylic acids is 1. The molecule has 1 fully saturated rings. The van der Waals surface area contributed by atoms with E-state index in [4.69, 9.17) is 14.6 Å². The van der Waals surface area contributed by atoms with Gasteiger partial charge in [-0.2, -0.15) is 0 Å². The molecule has 0 spiro atoms. The summed E-state index contributed by atoms with van der Waals surface area (Å²) in [6.45, 7) is -0.00364. The largest absolute Gasteiger partial charge is 0.481 e. The monoisotopic (exact) mass is 521 g/mol. The summed E-state index contributed by atoms with van der Waals surface area (Å²) in [7, 11) is 0. The number of thioether (sulfide) groups is 1. The van der Waals surface area contributed by atoms with Gasteiger partial charge in [-0.25, -0.2) is 0 Å². The molecule has 8 heteroatoms. The fourth-order valence-electron chi connectivity index (χ4n) is 4.08. The van der Waals surface area contributed by atoms with Crippen molar-refractivity contribution >= 4 is 29.3 Å². The molecule has 0 bridgehead atoms. The number of benzene rings is 3. The number of rotatable bonds is 11. The fourth-order valence-corrected chi connectivity index (χ4v) is 5.02. The molecule has 3 aromatic rings. The van der Waals surface area contributed by atoms with Crippen LogP contribution in [0.3, 0.4) is 0 Å². The van der Waals surface area contributed by atoms with Gasteiger partial charge in [0.1, 0.15) is 0 Å². The second kappa shape index (κ2) is 13.4. The van der Waals surface area contributed by atoms with E-state index in [0.717, 1.165) is 22.4 Å². The highest BCUT2D eigenvalue weighted by molar-refractivity contribution is 7.99. The molecule has 37 heavy (non-hydrogen) atoms. The van der Waals surface area contributed by atoms with Crippen LogP contribution in [0.1, 0.15) is 54.8 Å². The minimum atomic E-state index is -0.909. The minimum absolute atomic E-state index is 0.00364. The van der Waals surface area contributed by atoms with Crippen molar-refractivity contribution in [3.05, 3.63) is 95.6 Å². The first kappa shape index (κ1) is 26.9. The Bertz CT molecular complexity index is 1150. The molecule has 0 unspecified atom stereocenters. The maximum absolute atomic E-state index is 12.1. The third-order valence-electron chi connectivity index (χ3n) is 6.06. The van der Waals surface area contributed by atoms with Gasteiger partial charge in [0.05, 0.1) is 18.8 Å². The number of carboxylic acids is 1. The lowest BCUT2D eigenvalue weighted by Crippen LogP contribution is -2.31. The Morgan fingerprint density at radius 1 is 0.892 bits per heavy atom. The van der Waals surface area contributed by atoms with Gasteiger partial charge in [0.25, 0.3) is 0 Å². The molecule has 0 aliphatic carbocycles. The Morgan fingerprint density at radius 3 is 2.27 bits per heavy atom. The van der Waals surface area contributed by atoms with Crippen molar-refractivity contribution < 1.29 is 29.3 Å². The van der Waals surface area contributed by atoms with Crippen molar-refractivity contribution in [3.8, 4) is 0 Å². The molecule has 1 amide bonds. The highest BCUT2D eigenvalue weighted by Gasteiger charge is 2.32. The van der Waals surface area contributed by atoms with Gasteiger partial charge in [-0.05, 0) is 41.8 Å². The second-order valence-electron chi connectivity index (χ2n) is 8.89. The van der Waals surface area contributed by atoms with Crippen molar-refractivity contribution in [3.63, 3.8) is 0 Å². The van der Waals surface area contributed by atoms with Crippen LogP contribution >= 0.6 is 11.8 Å². The van der Waals surface area contributed by atoms with Gasteiger partial charge in [-0.3, -0.25) is 9.59 Å². The van der Waals surface area contributed by atoms with Crippen molar-refractivity contribution in [1.29, 1.82) is 0 Å². The number of anilines is 1. The summed E-state index contributed by atoms with van der Waals surface area (Å²) >= 11 is 1.75. The molecule has 0 radical (unpaired) electrons. The molecule has 3 N–H and O–H groups in total. The van der Waals surface area contributed by atoms with Gasteiger partial charge < -0.3 is 25.0 Å². The first-order chi connectivity index (χ1) is 18.0. The average Bonchev–Trinajstić information content (AvgIpc) is 2.92. The quantitative estimate of drug-likeness (QED) is 0.278. The smallest absolute Gasteiger partial charge is 0.303 e. The summed E-state index contributed by atoms with van der Waals surface area (Å²) in [4.78, 5) is 23.9. The number of nitrogens with one attached hydrogen (secondary N) is 1. The van der Waals surface area contributed by atoms with E-state index in [1.54, 1.807) is 23.9 Å². The van der Waals surface area contributed by atoms with Gasteiger partial charge in [-0.1, -0.05) is 54.6 Å². The first-order valence-corrected chi connectivity index (χ1v) is 13.3. The molecule has 7 nitrogen and oxygen atoms in total. The van der Waals surface area contributed by atoms with Crippen LogP contribution in [-0.4, -0.2) is 33.9 Å². The molecule has 1 aliphatic rings. The van der Waals surface area contributed by atoms with Crippen molar-refractivity contribution in [2.75, 3.05) is 11.1 Å². The minimum Gasteiger partial charge on any atom is -0.481 e. The zero-order valence-electron chi connectivity index (χ0n) is 20.4. The normalized spacial score (nSPS) is 19.3. The van der Waals surface area contributed by atoms with Crippen LogP contribution in [0.4, 0.5) is 5.69 Å². The molecule has 1 heterocycles. The molecular weight excluding hydrogens is 490 g/mol. The zero-order valence-corrected chi connectivity index (χ0v) is 21.2. The van der Waals surface area contributed by atoms with Crippen molar-refractivity contribution in [1.82, 2.24) is 0 Å². The Kier molecular flexibility index (Phi) is 9.73. The Balaban J connectivity index is 1.43. The van der Waals surface area contributed by atoms with Crippen molar-refractivity contribution in [2.45, 2.75) is 55.7 Å². The number of aliphatic hydroxyl groups excluding tert-OH is 1. The van der Waals surface area contributed by atoms with E-state index in [1.807, 2.05) is 54.6 Å². The van der Waals surface area contributed by atoms with Crippen LogP contribution in [0.15, 0.2) is 83.8 Å². The summed E-state index contributed by atoms with van der Waals surface area (Å²) < 4.78 is 12.7. The SMILES string of the molecule is O=C(O)CCCC(=O)Nc1ccc([C@@H]2O[C@H](CSc3ccccc3)C[C@H](c3ccc(CO)cc3)O2)cc1. The van der Waals surface area contributed by atoms with E-state index in [9.17, 15) is 14.7 Å². The van der Waals surface area contributed by atoms with E-state index >= 15 is 0 Å². The van der Waals surface area contributed by atoms with Gasteiger partial charge >= 0.3 is 5.97 Å². The second-order valence-corrected chi connectivity index (χ2v) is 9.99. The van der Waals surface area contributed by atoms with Crippen LogP contribution in [0.5, 0.6) is 0 Å². The predicted octanol–water partition coefficient (Wildman–Crippen LogP) is 5.71. The molecule has 4 rings (SSSR count). The molecule has 1 saturated heterocycles.